The first-order chi connectivity index (χ1) is 9.63. The number of aromatic carboxylic acids is 1. The molecule has 0 aliphatic heterocycles. The second-order valence-electron chi connectivity index (χ2n) is 4.34. The van der Waals surface area contributed by atoms with Crippen molar-refractivity contribution in [2.75, 3.05) is 0 Å². The number of nitrogens with zero attached hydrogens (tertiary/aromatic N) is 1. The normalized spacial score (nSPS) is 11.9. The lowest BCUT2D eigenvalue weighted by Crippen LogP contribution is -2.00. The van der Waals surface area contributed by atoms with E-state index in [2.05, 4.69) is 11.6 Å². The molecule has 1 heterocycles. The van der Waals surface area contributed by atoms with Crippen LogP contribution in [0, 0.1) is 0 Å². The second kappa shape index (κ2) is 5.97. The number of carbonyl (C=O) groups is 1. The van der Waals surface area contributed by atoms with E-state index in [4.69, 9.17) is 5.11 Å². The van der Waals surface area contributed by atoms with Gasteiger partial charge in [-0.25, -0.2) is 9.78 Å². The lowest BCUT2D eigenvalue weighted by Gasteiger charge is -2.06. The van der Waals surface area contributed by atoms with Gasteiger partial charge >= 0.3 is 5.97 Å². The molecule has 0 saturated carbocycles. The Kier molecular flexibility index (Phi) is 4.11. The number of allylic oxidation sites excluding steroid dienone is 5. The highest BCUT2D eigenvalue weighted by Gasteiger charge is 2.08. The molecular formula is C17H15NO2. The lowest BCUT2D eigenvalue weighted by molar-refractivity contribution is 0.0691. The van der Waals surface area contributed by atoms with Crippen LogP contribution in [0.1, 0.15) is 23.0 Å². The third-order valence-corrected chi connectivity index (χ3v) is 2.97. The highest BCUT2D eigenvalue weighted by Crippen LogP contribution is 2.24. The van der Waals surface area contributed by atoms with Crippen LogP contribution in [0.2, 0.25) is 0 Å². The minimum atomic E-state index is -1.02. The Labute approximate surface area is 117 Å². The number of carboxylic acid groups (broad SMARTS) is 1. The van der Waals surface area contributed by atoms with Gasteiger partial charge in [0.15, 0.2) is 0 Å². The fourth-order valence-electron chi connectivity index (χ4n) is 1.99. The van der Waals surface area contributed by atoms with Crippen LogP contribution in [0.3, 0.4) is 0 Å². The third kappa shape index (κ3) is 2.83. The monoisotopic (exact) mass is 265 g/mol. The Hall–Kier alpha value is -2.68. The molecule has 0 spiro atoms. The van der Waals surface area contributed by atoms with E-state index in [1.54, 1.807) is 12.1 Å². The van der Waals surface area contributed by atoms with Gasteiger partial charge in [-0.15, -0.1) is 0 Å². The van der Waals surface area contributed by atoms with Crippen molar-refractivity contribution < 1.29 is 9.90 Å². The van der Waals surface area contributed by atoms with Crippen molar-refractivity contribution in [2.45, 2.75) is 6.92 Å². The summed E-state index contributed by atoms with van der Waals surface area (Å²) in [6.45, 7) is 5.63. The molecule has 2 aromatic rings. The van der Waals surface area contributed by atoms with Gasteiger partial charge in [0.1, 0.15) is 5.69 Å². The molecule has 0 radical (unpaired) electrons. The zero-order chi connectivity index (χ0) is 14.5. The van der Waals surface area contributed by atoms with Crippen LogP contribution >= 0.6 is 0 Å². The van der Waals surface area contributed by atoms with E-state index < -0.39 is 5.97 Å². The van der Waals surface area contributed by atoms with Crippen molar-refractivity contribution in [1.82, 2.24) is 4.98 Å². The molecule has 0 fully saturated rings. The number of aromatic nitrogens is 1. The highest BCUT2D eigenvalue weighted by atomic mass is 16.4. The summed E-state index contributed by atoms with van der Waals surface area (Å²) in [5.74, 6) is -1.02. The molecule has 20 heavy (non-hydrogen) atoms. The highest BCUT2D eigenvalue weighted by molar-refractivity contribution is 5.95. The Balaban J connectivity index is 2.55. The smallest absolute Gasteiger partial charge is 0.354 e. The summed E-state index contributed by atoms with van der Waals surface area (Å²) in [6, 6.07) is 9.03. The minimum Gasteiger partial charge on any atom is -0.477 e. The molecule has 1 aromatic heterocycles. The fraction of sp³-hybridized carbons (Fsp3) is 0.0588. The average Bonchev–Trinajstić information content (AvgIpc) is 2.46. The summed E-state index contributed by atoms with van der Waals surface area (Å²) in [7, 11) is 0. The van der Waals surface area contributed by atoms with Crippen molar-refractivity contribution >= 4 is 22.4 Å². The molecule has 3 heteroatoms. The lowest BCUT2D eigenvalue weighted by atomic mass is 10.0. The van der Waals surface area contributed by atoms with Gasteiger partial charge in [0.2, 0.25) is 0 Å². The van der Waals surface area contributed by atoms with E-state index in [1.807, 2.05) is 43.4 Å². The molecule has 0 unspecified atom stereocenters. The van der Waals surface area contributed by atoms with Crippen LogP contribution in [0.15, 0.2) is 61.2 Å². The van der Waals surface area contributed by atoms with Crippen LogP contribution in [0.25, 0.3) is 16.5 Å². The maximum absolute atomic E-state index is 10.9. The molecule has 2 rings (SSSR count). The topological polar surface area (TPSA) is 50.2 Å². The van der Waals surface area contributed by atoms with E-state index >= 15 is 0 Å². The predicted octanol–water partition coefficient (Wildman–Crippen LogP) is 4.08. The first-order valence-corrected chi connectivity index (χ1v) is 6.23. The number of carboxylic acids is 1. The summed E-state index contributed by atoms with van der Waals surface area (Å²) in [5, 5.41) is 9.92. The average molecular weight is 265 g/mol. The molecule has 1 N–H and O–H groups in total. The van der Waals surface area contributed by atoms with Crippen LogP contribution in [-0.4, -0.2) is 16.1 Å². The quantitative estimate of drug-likeness (QED) is 0.847. The van der Waals surface area contributed by atoms with Gasteiger partial charge in [0.05, 0.1) is 5.52 Å². The largest absolute Gasteiger partial charge is 0.477 e. The van der Waals surface area contributed by atoms with E-state index in [0.717, 1.165) is 16.5 Å². The molecule has 0 bridgehead atoms. The Morgan fingerprint density at radius 1 is 1.25 bits per heavy atom. The summed E-state index contributed by atoms with van der Waals surface area (Å²) < 4.78 is 0. The Morgan fingerprint density at radius 2 is 2.05 bits per heavy atom. The number of hydrogen-bond donors (Lipinski definition) is 1. The van der Waals surface area contributed by atoms with Gasteiger partial charge in [-0.05, 0) is 36.3 Å². The zero-order valence-corrected chi connectivity index (χ0v) is 11.2. The number of fused-ring (bicyclic) bond motifs is 1. The molecular weight excluding hydrogens is 250 g/mol. The molecule has 0 amide bonds. The molecule has 100 valence electrons. The van der Waals surface area contributed by atoms with Crippen molar-refractivity contribution in [3.8, 4) is 0 Å². The molecule has 0 aliphatic carbocycles. The first-order valence-electron chi connectivity index (χ1n) is 6.23. The van der Waals surface area contributed by atoms with Gasteiger partial charge in [0, 0.05) is 5.39 Å². The maximum Gasteiger partial charge on any atom is 0.354 e. The minimum absolute atomic E-state index is 0.0582. The summed E-state index contributed by atoms with van der Waals surface area (Å²) in [6.07, 6.45) is 7.48. The van der Waals surface area contributed by atoms with Gasteiger partial charge in [-0.3, -0.25) is 0 Å². The van der Waals surface area contributed by atoms with Crippen molar-refractivity contribution in [1.29, 1.82) is 0 Å². The zero-order valence-electron chi connectivity index (χ0n) is 11.2. The standard InChI is InChI=1S/C17H15NO2/c1-3-4-5-7-12(2)13-8-6-9-15-14(13)10-11-16(18-15)17(19)20/h3-11H,1H2,2H3,(H,19,20)/b5-4-,12-7+. The van der Waals surface area contributed by atoms with Crippen LogP contribution in [0.4, 0.5) is 0 Å². The molecule has 0 aliphatic rings. The Morgan fingerprint density at radius 3 is 2.75 bits per heavy atom. The van der Waals surface area contributed by atoms with Gasteiger partial charge in [0.25, 0.3) is 0 Å². The van der Waals surface area contributed by atoms with Crippen LogP contribution < -0.4 is 0 Å². The van der Waals surface area contributed by atoms with Gasteiger partial charge in [-0.1, -0.05) is 43.0 Å². The Bertz CT molecular complexity index is 727. The second-order valence-corrected chi connectivity index (χ2v) is 4.34. The molecule has 0 atom stereocenters. The molecule has 1 aromatic carbocycles. The first kappa shape index (κ1) is 13.7. The van der Waals surface area contributed by atoms with Gasteiger partial charge < -0.3 is 5.11 Å². The number of benzene rings is 1. The van der Waals surface area contributed by atoms with Crippen molar-refractivity contribution in [2.24, 2.45) is 0 Å². The van der Waals surface area contributed by atoms with Crippen molar-refractivity contribution in [3.05, 3.63) is 72.5 Å². The number of rotatable bonds is 4. The molecule has 3 nitrogen and oxygen atoms in total. The molecule has 0 saturated heterocycles. The maximum atomic E-state index is 10.9. The van der Waals surface area contributed by atoms with E-state index in [0.29, 0.717) is 5.52 Å². The summed E-state index contributed by atoms with van der Waals surface area (Å²) in [5.41, 5.74) is 2.87. The summed E-state index contributed by atoms with van der Waals surface area (Å²) >= 11 is 0. The van der Waals surface area contributed by atoms with E-state index in [9.17, 15) is 4.79 Å². The van der Waals surface area contributed by atoms with Crippen molar-refractivity contribution in [3.63, 3.8) is 0 Å². The van der Waals surface area contributed by atoms with Crippen LogP contribution in [0.5, 0.6) is 0 Å². The van der Waals surface area contributed by atoms with E-state index in [1.165, 1.54) is 6.07 Å². The number of pyridine rings is 1. The third-order valence-electron chi connectivity index (χ3n) is 2.97. The summed E-state index contributed by atoms with van der Waals surface area (Å²) in [4.78, 5) is 15.1. The predicted molar refractivity (Wildman–Crippen MR) is 81.7 cm³/mol. The SMILES string of the molecule is C=C/C=C\C=C(/C)c1cccc2nc(C(=O)O)ccc12. The van der Waals surface area contributed by atoms with E-state index in [-0.39, 0.29) is 5.69 Å². The number of hydrogen-bond acceptors (Lipinski definition) is 2. The van der Waals surface area contributed by atoms with Gasteiger partial charge in [-0.2, -0.15) is 0 Å². The van der Waals surface area contributed by atoms with Crippen LogP contribution in [-0.2, 0) is 0 Å². The fourth-order valence-corrected chi connectivity index (χ4v) is 1.99.